The highest BCUT2D eigenvalue weighted by molar-refractivity contribution is 5.01. The van der Waals surface area contributed by atoms with Gasteiger partial charge in [0, 0.05) is 13.2 Å². The Morgan fingerprint density at radius 3 is 2.85 bits per heavy atom. The summed E-state index contributed by atoms with van der Waals surface area (Å²) >= 11 is 0. The zero-order valence-electron chi connectivity index (χ0n) is 13.3. The van der Waals surface area contributed by atoms with E-state index in [9.17, 15) is 0 Å². The summed E-state index contributed by atoms with van der Waals surface area (Å²) in [4.78, 5) is 0. The number of hydrogen-bond acceptors (Lipinski definition) is 2. The van der Waals surface area contributed by atoms with Gasteiger partial charge < -0.3 is 10.1 Å². The molecule has 1 saturated heterocycles. The van der Waals surface area contributed by atoms with Crippen molar-refractivity contribution in [1.29, 1.82) is 0 Å². The fraction of sp³-hybridized carbons (Fsp3) is 1.00. The Hall–Kier alpha value is -0.0800. The predicted molar refractivity (Wildman–Crippen MR) is 83.9 cm³/mol. The molecule has 2 heteroatoms. The maximum Gasteiger partial charge on any atom is 0.0576 e. The lowest BCUT2D eigenvalue weighted by Gasteiger charge is -2.38. The molecule has 2 aliphatic carbocycles. The minimum absolute atomic E-state index is 0.592. The maximum atomic E-state index is 5.80. The van der Waals surface area contributed by atoms with Crippen molar-refractivity contribution in [2.75, 3.05) is 19.7 Å². The molecule has 4 atom stereocenters. The SMILES string of the molecule is CCCNCC1(CCCC2CCCO2)CC2CCC1C2. The molecule has 4 unspecified atom stereocenters. The van der Waals surface area contributed by atoms with Crippen LogP contribution in [-0.4, -0.2) is 25.8 Å². The molecule has 1 aliphatic heterocycles. The monoisotopic (exact) mass is 279 g/mol. The molecular formula is C18H33NO. The fourth-order valence-electron chi connectivity index (χ4n) is 5.24. The van der Waals surface area contributed by atoms with E-state index in [0.717, 1.165) is 18.4 Å². The van der Waals surface area contributed by atoms with E-state index < -0.39 is 0 Å². The molecule has 0 aromatic rings. The number of ether oxygens (including phenoxy) is 1. The smallest absolute Gasteiger partial charge is 0.0576 e. The van der Waals surface area contributed by atoms with Crippen LogP contribution in [0.4, 0.5) is 0 Å². The summed E-state index contributed by atoms with van der Waals surface area (Å²) in [6.45, 7) is 5.77. The third-order valence-electron chi connectivity index (χ3n) is 6.23. The van der Waals surface area contributed by atoms with Crippen molar-refractivity contribution in [1.82, 2.24) is 5.32 Å². The van der Waals surface area contributed by atoms with Crippen LogP contribution in [0.15, 0.2) is 0 Å². The van der Waals surface area contributed by atoms with E-state index in [1.54, 1.807) is 0 Å². The zero-order valence-corrected chi connectivity index (χ0v) is 13.3. The molecule has 1 heterocycles. The molecule has 0 spiro atoms. The van der Waals surface area contributed by atoms with Crippen LogP contribution in [-0.2, 0) is 4.74 Å². The van der Waals surface area contributed by atoms with E-state index in [-0.39, 0.29) is 0 Å². The van der Waals surface area contributed by atoms with E-state index >= 15 is 0 Å². The summed E-state index contributed by atoms with van der Waals surface area (Å²) in [6, 6.07) is 0. The Kier molecular flexibility index (Phi) is 5.04. The molecule has 1 N–H and O–H groups in total. The van der Waals surface area contributed by atoms with Gasteiger partial charge in [-0.25, -0.2) is 0 Å². The third kappa shape index (κ3) is 3.22. The van der Waals surface area contributed by atoms with Crippen molar-refractivity contribution < 1.29 is 4.74 Å². The highest BCUT2D eigenvalue weighted by atomic mass is 16.5. The van der Waals surface area contributed by atoms with Crippen molar-refractivity contribution in [3.8, 4) is 0 Å². The van der Waals surface area contributed by atoms with Gasteiger partial charge in [0.1, 0.15) is 0 Å². The van der Waals surface area contributed by atoms with E-state index in [1.165, 1.54) is 77.3 Å². The first-order valence-corrected chi connectivity index (χ1v) is 9.15. The third-order valence-corrected chi connectivity index (χ3v) is 6.23. The summed E-state index contributed by atoms with van der Waals surface area (Å²) in [5.41, 5.74) is 0.649. The molecule has 0 aromatic carbocycles. The van der Waals surface area contributed by atoms with Crippen LogP contribution in [0.2, 0.25) is 0 Å². The molecule has 0 amide bonds. The van der Waals surface area contributed by atoms with Crippen molar-refractivity contribution in [2.45, 2.75) is 77.2 Å². The van der Waals surface area contributed by atoms with Crippen LogP contribution in [0.3, 0.4) is 0 Å². The quantitative estimate of drug-likeness (QED) is 0.674. The van der Waals surface area contributed by atoms with Gasteiger partial charge >= 0.3 is 0 Å². The van der Waals surface area contributed by atoms with Gasteiger partial charge in [-0.1, -0.05) is 19.8 Å². The number of hydrogen-bond donors (Lipinski definition) is 1. The molecule has 20 heavy (non-hydrogen) atoms. The molecule has 0 aromatic heterocycles. The zero-order chi connectivity index (χ0) is 13.8. The second kappa shape index (κ2) is 6.79. The Morgan fingerprint density at radius 1 is 1.25 bits per heavy atom. The first-order chi connectivity index (χ1) is 9.82. The van der Waals surface area contributed by atoms with Crippen molar-refractivity contribution in [3.05, 3.63) is 0 Å². The maximum absolute atomic E-state index is 5.80. The summed E-state index contributed by atoms with van der Waals surface area (Å²) in [5.74, 6) is 2.09. The van der Waals surface area contributed by atoms with Crippen LogP contribution in [0.25, 0.3) is 0 Å². The van der Waals surface area contributed by atoms with Crippen molar-refractivity contribution >= 4 is 0 Å². The van der Waals surface area contributed by atoms with Crippen LogP contribution in [0.1, 0.15) is 71.1 Å². The standard InChI is InChI=1S/C18H33NO/c1-2-10-19-14-18(13-15-7-8-16(18)12-15)9-3-5-17-6-4-11-20-17/h15-17,19H,2-14H2,1H3. The lowest BCUT2D eigenvalue weighted by molar-refractivity contribution is 0.0881. The summed E-state index contributed by atoms with van der Waals surface area (Å²) in [7, 11) is 0. The first-order valence-electron chi connectivity index (χ1n) is 9.15. The average molecular weight is 279 g/mol. The molecular weight excluding hydrogens is 246 g/mol. The largest absolute Gasteiger partial charge is 0.378 e. The van der Waals surface area contributed by atoms with Crippen LogP contribution >= 0.6 is 0 Å². The number of rotatable bonds is 8. The molecule has 116 valence electrons. The molecule has 2 bridgehead atoms. The topological polar surface area (TPSA) is 21.3 Å². The lowest BCUT2D eigenvalue weighted by atomic mass is 9.69. The summed E-state index contributed by atoms with van der Waals surface area (Å²) in [6.07, 6.45) is 14.7. The fourth-order valence-corrected chi connectivity index (χ4v) is 5.24. The van der Waals surface area contributed by atoms with Gasteiger partial charge in [-0.15, -0.1) is 0 Å². The van der Waals surface area contributed by atoms with E-state index in [2.05, 4.69) is 12.2 Å². The molecule has 3 aliphatic rings. The van der Waals surface area contributed by atoms with Crippen LogP contribution in [0, 0.1) is 17.3 Å². The van der Waals surface area contributed by atoms with E-state index in [4.69, 9.17) is 4.74 Å². The second-order valence-electron chi connectivity index (χ2n) is 7.65. The van der Waals surface area contributed by atoms with Gasteiger partial charge in [0.2, 0.25) is 0 Å². The van der Waals surface area contributed by atoms with Crippen molar-refractivity contribution in [3.63, 3.8) is 0 Å². The van der Waals surface area contributed by atoms with Gasteiger partial charge in [0.05, 0.1) is 6.10 Å². The van der Waals surface area contributed by atoms with Crippen LogP contribution < -0.4 is 5.32 Å². The molecule has 2 nitrogen and oxygen atoms in total. The van der Waals surface area contributed by atoms with Crippen molar-refractivity contribution in [2.24, 2.45) is 17.3 Å². The van der Waals surface area contributed by atoms with Crippen LogP contribution in [0.5, 0.6) is 0 Å². The number of nitrogens with one attached hydrogen (secondary N) is 1. The molecule has 2 saturated carbocycles. The minimum Gasteiger partial charge on any atom is -0.378 e. The highest BCUT2D eigenvalue weighted by Crippen LogP contribution is 2.57. The normalized spacial score (nSPS) is 39.8. The molecule has 3 rings (SSSR count). The lowest BCUT2D eigenvalue weighted by Crippen LogP contribution is -2.39. The Morgan fingerprint density at radius 2 is 2.20 bits per heavy atom. The van der Waals surface area contributed by atoms with Gasteiger partial charge in [-0.3, -0.25) is 0 Å². The van der Waals surface area contributed by atoms with E-state index in [0.29, 0.717) is 11.5 Å². The number of fused-ring (bicyclic) bond motifs is 2. The predicted octanol–water partition coefficient (Wildman–Crippen LogP) is 4.14. The first kappa shape index (κ1) is 14.8. The van der Waals surface area contributed by atoms with Gasteiger partial charge in [-0.05, 0) is 75.2 Å². The average Bonchev–Trinajstić information content (AvgIpc) is 3.15. The second-order valence-corrected chi connectivity index (χ2v) is 7.65. The molecule has 3 fully saturated rings. The van der Waals surface area contributed by atoms with Gasteiger partial charge in [0.15, 0.2) is 0 Å². The molecule has 0 radical (unpaired) electrons. The summed E-state index contributed by atoms with van der Waals surface area (Å²) in [5, 5.41) is 3.75. The Labute approximate surface area is 125 Å². The van der Waals surface area contributed by atoms with Gasteiger partial charge in [0.25, 0.3) is 0 Å². The van der Waals surface area contributed by atoms with E-state index in [1.807, 2.05) is 0 Å². The Balaban J connectivity index is 1.49. The minimum atomic E-state index is 0.592. The summed E-state index contributed by atoms with van der Waals surface area (Å²) < 4.78 is 5.80. The Bertz CT molecular complexity index is 300. The van der Waals surface area contributed by atoms with Gasteiger partial charge in [-0.2, -0.15) is 0 Å². The highest BCUT2D eigenvalue weighted by Gasteiger charge is 2.49.